The van der Waals surface area contributed by atoms with Crippen molar-refractivity contribution in [2.24, 2.45) is 0 Å². The molecule has 4 unspecified atom stereocenters. The SMILES string of the molecule is CCCCc1ccc(CCc2ccc(O)c(OCC(NCC)c3cc(C(C)C(CNC)NCC(C)O)c[nH]3)c2)o1. The normalized spacial score (nSPS) is 14.7. The Morgan fingerprint density at radius 3 is 2.45 bits per heavy atom. The highest BCUT2D eigenvalue weighted by molar-refractivity contribution is 5.42. The number of benzene rings is 1. The van der Waals surface area contributed by atoms with Crippen LogP contribution in [0, 0.1) is 0 Å². The second-order valence-corrected chi connectivity index (χ2v) is 10.8. The zero-order valence-electron chi connectivity index (χ0n) is 24.9. The number of phenols is 1. The molecule has 0 amide bonds. The van der Waals surface area contributed by atoms with E-state index in [2.05, 4.69) is 66.1 Å². The Hall–Kier alpha value is -2.78. The van der Waals surface area contributed by atoms with Gasteiger partial charge in [0.05, 0.1) is 12.1 Å². The third-order valence-corrected chi connectivity index (χ3v) is 7.37. The number of ether oxygens (including phenoxy) is 1. The van der Waals surface area contributed by atoms with E-state index in [0.717, 1.165) is 68.0 Å². The van der Waals surface area contributed by atoms with Gasteiger partial charge in [0.15, 0.2) is 11.5 Å². The summed E-state index contributed by atoms with van der Waals surface area (Å²) < 4.78 is 12.1. The van der Waals surface area contributed by atoms with Crippen LogP contribution in [0.25, 0.3) is 0 Å². The maximum atomic E-state index is 10.5. The van der Waals surface area contributed by atoms with Crippen LogP contribution in [-0.4, -0.2) is 60.6 Å². The number of aromatic hydroxyl groups is 1. The molecule has 8 nitrogen and oxygen atoms in total. The largest absolute Gasteiger partial charge is 0.504 e. The summed E-state index contributed by atoms with van der Waals surface area (Å²) in [5.74, 6) is 2.90. The first kappa shape index (κ1) is 31.7. The van der Waals surface area contributed by atoms with Crippen molar-refractivity contribution in [3.05, 3.63) is 70.9 Å². The average molecular weight is 555 g/mol. The molecule has 222 valence electrons. The second-order valence-electron chi connectivity index (χ2n) is 10.8. The molecule has 6 N–H and O–H groups in total. The van der Waals surface area contributed by atoms with E-state index in [-0.39, 0.29) is 23.8 Å². The number of hydrogen-bond donors (Lipinski definition) is 6. The van der Waals surface area contributed by atoms with Gasteiger partial charge in [-0.25, -0.2) is 0 Å². The maximum absolute atomic E-state index is 10.5. The van der Waals surface area contributed by atoms with Crippen molar-refractivity contribution >= 4 is 0 Å². The van der Waals surface area contributed by atoms with Crippen LogP contribution in [0.5, 0.6) is 11.5 Å². The minimum absolute atomic E-state index is 0.0631. The van der Waals surface area contributed by atoms with Crippen molar-refractivity contribution in [2.45, 2.75) is 83.9 Å². The number of furan rings is 1. The van der Waals surface area contributed by atoms with Crippen molar-refractivity contribution in [3.63, 3.8) is 0 Å². The number of aliphatic hydroxyl groups excluding tert-OH is 1. The highest BCUT2D eigenvalue weighted by Gasteiger charge is 2.22. The summed E-state index contributed by atoms with van der Waals surface area (Å²) in [5, 5.41) is 30.4. The molecule has 2 aromatic heterocycles. The molecule has 0 bridgehead atoms. The van der Waals surface area contributed by atoms with Crippen LogP contribution in [0.1, 0.15) is 80.8 Å². The zero-order chi connectivity index (χ0) is 28.9. The van der Waals surface area contributed by atoms with Crippen molar-refractivity contribution in [3.8, 4) is 11.5 Å². The first-order valence-corrected chi connectivity index (χ1v) is 14.8. The monoisotopic (exact) mass is 554 g/mol. The van der Waals surface area contributed by atoms with Gasteiger partial charge in [-0.1, -0.05) is 33.3 Å². The number of likely N-dealkylation sites (N-methyl/N-ethyl adjacent to an activating group) is 2. The highest BCUT2D eigenvalue weighted by atomic mass is 16.5. The second kappa shape index (κ2) is 16.5. The van der Waals surface area contributed by atoms with E-state index >= 15 is 0 Å². The molecule has 0 spiro atoms. The molecule has 0 saturated heterocycles. The van der Waals surface area contributed by atoms with E-state index in [1.165, 1.54) is 5.56 Å². The third kappa shape index (κ3) is 9.70. The van der Waals surface area contributed by atoms with Gasteiger partial charge in [0.25, 0.3) is 0 Å². The fourth-order valence-electron chi connectivity index (χ4n) is 4.91. The van der Waals surface area contributed by atoms with Crippen molar-refractivity contribution in [2.75, 3.05) is 33.3 Å². The quantitative estimate of drug-likeness (QED) is 0.126. The van der Waals surface area contributed by atoms with Crippen molar-refractivity contribution in [1.29, 1.82) is 0 Å². The van der Waals surface area contributed by atoms with Crippen molar-refractivity contribution < 1.29 is 19.4 Å². The molecule has 3 rings (SSSR count). The van der Waals surface area contributed by atoms with Gasteiger partial charge in [0, 0.05) is 43.9 Å². The van der Waals surface area contributed by atoms with Gasteiger partial charge in [0.2, 0.25) is 0 Å². The molecule has 2 heterocycles. The molecule has 1 aromatic carbocycles. The molecule has 40 heavy (non-hydrogen) atoms. The number of hydrogen-bond acceptors (Lipinski definition) is 7. The number of aromatic nitrogens is 1. The van der Waals surface area contributed by atoms with Crippen LogP contribution in [0.4, 0.5) is 0 Å². The van der Waals surface area contributed by atoms with Gasteiger partial charge >= 0.3 is 0 Å². The lowest BCUT2D eigenvalue weighted by Crippen LogP contribution is -2.43. The number of aliphatic hydroxyl groups is 1. The molecule has 4 atom stereocenters. The Labute approximate surface area is 239 Å². The average Bonchev–Trinajstić information content (AvgIpc) is 3.62. The number of unbranched alkanes of at least 4 members (excludes halogenated alkanes) is 1. The number of nitrogens with one attached hydrogen (secondary N) is 4. The standard InChI is InChI=1S/C32H50N4O4/c1-6-8-9-26-13-14-27(40-26)12-10-24-11-15-31(38)32(16-24)39-21-30(34-7-2)28-17-25(19-36-28)23(4)29(20-33-5)35-18-22(3)37/h11,13-17,19,22-23,29-30,33-38H,6-10,12,18,20-21H2,1-5H3. The predicted molar refractivity (Wildman–Crippen MR) is 161 cm³/mol. The van der Waals surface area contributed by atoms with Gasteiger partial charge in [-0.05, 0) is 80.7 Å². The Morgan fingerprint density at radius 2 is 1.75 bits per heavy atom. The van der Waals surface area contributed by atoms with Gasteiger partial charge in [-0.2, -0.15) is 0 Å². The van der Waals surface area contributed by atoms with Crippen LogP contribution in [0.2, 0.25) is 0 Å². The van der Waals surface area contributed by atoms with E-state index in [1.54, 1.807) is 13.0 Å². The molecule has 0 fully saturated rings. The molecule has 0 saturated carbocycles. The molecule has 0 aliphatic carbocycles. The lowest BCUT2D eigenvalue weighted by Gasteiger charge is -2.25. The van der Waals surface area contributed by atoms with Gasteiger partial charge in [0.1, 0.15) is 18.1 Å². The van der Waals surface area contributed by atoms with Crippen LogP contribution < -0.4 is 20.7 Å². The highest BCUT2D eigenvalue weighted by Crippen LogP contribution is 2.29. The number of H-pyrrole nitrogens is 1. The first-order chi connectivity index (χ1) is 19.3. The smallest absolute Gasteiger partial charge is 0.161 e. The molecular weight excluding hydrogens is 504 g/mol. The molecule has 0 aliphatic heterocycles. The fraction of sp³-hybridized carbons (Fsp3) is 0.562. The maximum Gasteiger partial charge on any atom is 0.161 e. The topological polar surface area (TPSA) is 115 Å². The van der Waals surface area contributed by atoms with Crippen LogP contribution in [0.15, 0.2) is 47.0 Å². The zero-order valence-corrected chi connectivity index (χ0v) is 24.9. The van der Waals surface area contributed by atoms with E-state index in [4.69, 9.17) is 9.15 Å². The molecule has 0 aliphatic rings. The number of aromatic amines is 1. The minimum Gasteiger partial charge on any atom is -0.504 e. The van der Waals surface area contributed by atoms with E-state index in [1.807, 2.05) is 19.2 Å². The number of phenolic OH excluding ortho intramolecular Hbond substituents is 1. The van der Waals surface area contributed by atoms with Gasteiger partial charge in [-0.15, -0.1) is 0 Å². The Morgan fingerprint density at radius 1 is 0.975 bits per heavy atom. The van der Waals surface area contributed by atoms with E-state index in [9.17, 15) is 10.2 Å². The summed E-state index contributed by atoms with van der Waals surface area (Å²) in [5.41, 5.74) is 3.32. The lowest BCUT2D eigenvalue weighted by atomic mass is 9.94. The van der Waals surface area contributed by atoms with E-state index < -0.39 is 6.10 Å². The van der Waals surface area contributed by atoms with Gasteiger partial charge in [-0.3, -0.25) is 0 Å². The fourth-order valence-corrected chi connectivity index (χ4v) is 4.91. The predicted octanol–water partition coefficient (Wildman–Crippen LogP) is 4.83. The Kier molecular flexibility index (Phi) is 13.1. The number of aryl methyl sites for hydroxylation is 3. The third-order valence-electron chi connectivity index (χ3n) is 7.37. The molecular formula is C32H50N4O4. The number of rotatable bonds is 19. The summed E-state index contributed by atoms with van der Waals surface area (Å²) in [6, 6.07) is 12.0. The first-order valence-electron chi connectivity index (χ1n) is 14.8. The lowest BCUT2D eigenvalue weighted by molar-refractivity contribution is 0.183. The van der Waals surface area contributed by atoms with Crippen molar-refractivity contribution in [1.82, 2.24) is 20.9 Å². The molecule has 0 radical (unpaired) electrons. The summed E-state index contributed by atoms with van der Waals surface area (Å²) in [7, 11) is 1.94. The molecule has 8 heteroatoms. The summed E-state index contributed by atoms with van der Waals surface area (Å²) in [6.07, 6.45) is 6.55. The van der Waals surface area contributed by atoms with Crippen LogP contribution in [0.3, 0.4) is 0 Å². The summed E-state index contributed by atoms with van der Waals surface area (Å²) in [4.78, 5) is 3.44. The van der Waals surface area contributed by atoms with Crippen LogP contribution in [-0.2, 0) is 19.3 Å². The summed E-state index contributed by atoms with van der Waals surface area (Å²) in [6.45, 7) is 10.7. The van der Waals surface area contributed by atoms with E-state index in [0.29, 0.717) is 18.9 Å². The Bertz CT molecular complexity index is 1130. The minimum atomic E-state index is -0.396. The Balaban J connectivity index is 1.62. The molecule has 3 aromatic rings. The van der Waals surface area contributed by atoms with Gasteiger partial charge < -0.3 is 40.3 Å². The van der Waals surface area contributed by atoms with Crippen LogP contribution >= 0.6 is 0 Å². The summed E-state index contributed by atoms with van der Waals surface area (Å²) >= 11 is 0.